The van der Waals surface area contributed by atoms with E-state index in [-0.39, 0.29) is 11.8 Å². The summed E-state index contributed by atoms with van der Waals surface area (Å²) in [5, 5.41) is 0. The van der Waals surface area contributed by atoms with E-state index in [1.165, 1.54) is 0 Å². The van der Waals surface area contributed by atoms with E-state index < -0.39 is 6.04 Å². The minimum Gasteiger partial charge on any atom is -0.341 e. The summed E-state index contributed by atoms with van der Waals surface area (Å²) < 4.78 is 0. The molecule has 0 unspecified atom stereocenters. The van der Waals surface area contributed by atoms with Gasteiger partial charge in [-0.25, -0.2) is 0 Å². The van der Waals surface area contributed by atoms with Crippen molar-refractivity contribution < 1.29 is 9.59 Å². The molecule has 7 heteroatoms. The number of hydrogen-bond donors (Lipinski definition) is 0. The highest BCUT2D eigenvalue weighted by molar-refractivity contribution is 5.95. The van der Waals surface area contributed by atoms with Crippen LogP contribution in [-0.2, 0) is 22.6 Å². The first-order chi connectivity index (χ1) is 21.4. The van der Waals surface area contributed by atoms with Gasteiger partial charge in [0.25, 0.3) is 0 Å². The lowest BCUT2D eigenvalue weighted by atomic mass is 9.98. The first-order valence-corrected chi connectivity index (χ1v) is 15.3. The Labute approximate surface area is 260 Å². The summed E-state index contributed by atoms with van der Waals surface area (Å²) in [6.45, 7) is 3.64. The molecule has 0 bridgehead atoms. The SMILES string of the molecule is Cc1ccc(/C=C/C(=O)N(Cc2ccc(-c3ccncc3)cc2)[C@@H](Cc2ccccc2)C(=O)N2CCC(N(C)C)CC2)nc1. The summed E-state index contributed by atoms with van der Waals surface area (Å²) in [7, 11) is 4.19. The van der Waals surface area contributed by atoms with E-state index in [1.54, 1.807) is 35.6 Å². The van der Waals surface area contributed by atoms with Gasteiger partial charge >= 0.3 is 0 Å². The average Bonchev–Trinajstić information content (AvgIpc) is 3.07. The van der Waals surface area contributed by atoms with Crippen LogP contribution in [0, 0.1) is 6.92 Å². The lowest BCUT2D eigenvalue weighted by Gasteiger charge is -2.39. The van der Waals surface area contributed by atoms with Crippen molar-refractivity contribution in [1.29, 1.82) is 0 Å². The number of nitrogens with zero attached hydrogens (tertiary/aromatic N) is 5. The largest absolute Gasteiger partial charge is 0.341 e. The molecule has 44 heavy (non-hydrogen) atoms. The molecular formula is C37H41N5O2. The highest BCUT2D eigenvalue weighted by atomic mass is 16.2. The van der Waals surface area contributed by atoms with Crippen LogP contribution in [0.25, 0.3) is 17.2 Å². The van der Waals surface area contributed by atoms with Crippen molar-refractivity contribution in [1.82, 2.24) is 24.7 Å². The van der Waals surface area contributed by atoms with Gasteiger partial charge in [-0.1, -0.05) is 60.7 Å². The molecule has 1 saturated heterocycles. The molecule has 2 aromatic heterocycles. The van der Waals surface area contributed by atoms with Crippen molar-refractivity contribution in [2.45, 2.75) is 44.8 Å². The average molecular weight is 588 g/mol. The number of piperidine rings is 1. The number of aromatic nitrogens is 2. The summed E-state index contributed by atoms with van der Waals surface area (Å²) >= 11 is 0. The van der Waals surface area contributed by atoms with Crippen LogP contribution in [0.5, 0.6) is 0 Å². The lowest BCUT2D eigenvalue weighted by Crippen LogP contribution is -2.54. The van der Waals surface area contributed by atoms with Crippen molar-refractivity contribution in [2.75, 3.05) is 27.2 Å². The van der Waals surface area contributed by atoms with Crippen LogP contribution < -0.4 is 0 Å². The molecule has 2 aromatic carbocycles. The van der Waals surface area contributed by atoms with Crippen molar-refractivity contribution in [3.63, 3.8) is 0 Å². The van der Waals surface area contributed by atoms with Gasteiger partial charge in [0.05, 0.1) is 5.69 Å². The predicted molar refractivity (Wildman–Crippen MR) is 175 cm³/mol. The van der Waals surface area contributed by atoms with E-state index in [2.05, 4.69) is 41.1 Å². The maximum absolute atomic E-state index is 14.3. The molecule has 0 spiro atoms. The second-order valence-electron chi connectivity index (χ2n) is 11.7. The molecule has 7 nitrogen and oxygen atoms in total. The summed E-state index contributed by atoms with van der Waals surface area (Å²) in [6, 6.07) is 25.8. The lowest BCUT2D eigenvalue weighted by molar-refractivity contribution is -0.145. The molecule has 1 atom stereocenters. The van der Waals surface area contributed by atoms with Gasteiger partial charge in [0.2, 0.25) is 11.8 Å². The van der Waals surface area contributed by atoms with E-state index in [1.807, 2.05) is 78.6 Å². The van der Waals surface area contributed by atoms with Crippen LogP contribution in [0.15, 0.2) is 104 Å². The van der Waals surface area contributed by atoms with Gasteiger partial charge in [0, 0.05) is 56.8 Å². The maximum Gasteiger partial charge on any atom is 0.247 e. The van der Waals surface area contributed by atoms with Crippen LogP contribution in [0.1, 0.15) is 35.2 Å². The topological polar surface area (TPSA) is 69.6 Å². The Hall–Kier alpha value is -4.62. The number of rotatable bonds is 10. The van der Waals surface area contributed by atoms with Gasteiger partial charge < -0.3 is 14.7 Å². The number of hydrogen-bond acceptors (Lipinski definition) is 5. The smallest absolute Gasteiger partial charge is 0.247 e. The molecule has 3 heterocycles. The van der Waals surface area contributed by atoms with E-state index in [4.69, 9.17) is 0 Å². The van der Waals surface area contributed by atoms with E-state index in [0.717, 1.165) is 40.7 Å². The molecule has 226 valence electrons. The molecule has 1 fully saturated rings. The fourth-order valence-electron chi connectivity index (χ4n) is 5.70. The Morgan fingerprint density at radius 3 is 2.20 bits per heavy atom. The van der Waals surface area contributed by atoms with E-state index >= 15 is 0 Å². The van der Waals surface area contributed by atoms with Crippen molar-refractivity contribution in [3.05, 3.63) is 126 Å². The third kappa shape index (κ3) is 8.05. The quantitative estimate of drug-likeness (QED) is 0.224. The molecule has 1 aliphatic heterocycles. The number of likely N-dealkylation sites (tertiary alicyclic amines) is 1. The first-order valence-electron chi connectivity index (χ1n) is 15.3. The fourth-order valence-corrected chi connectivity index (χ4v) is 5.70. The number of carbonyl (C=O) groups excluding carboxylic acids is 2. The van der Waals surface area contributed by atoms with Crippen LogP contribution in [0.3, 0.4) is 0 Å². The van der Waals surface area contributed by atoms with Gasteiger partial charge in [-0.15, -0.1) is 0 Å². The Bertz CT molecular complexity index is 1530. The van der Waals surface area contributed by atoms with Crippen LogP contribution in [0.4, 0.5) is 0 Å². The molecule has 2 amide bonds. The Balaban J connectivity index is 1.46. The van der Waals surface area contributed by atoms with Crippen LogP contribution in [-0.4, -0.2) is 75.8 Å². The zero-order chi connectivity index (χ0) is 30.9. The van der Waals surface area contributed by atoms with Gasteiger partial charge in [-0.05, 0) is 86.0 Å². The van der Waals surface area contributed by atoms with Gasteiger partial charge in [0.1, 0.15) is 6.04 Å². The number of amides is 2. The third-order valence-electron chi connectivity index (χ3n) is 8.37. The van der Waals surface area contributed by atoms with Gasteiger partial charge in [-0.2, -0.15) is 0 Å². The predicted octanol–water partition coefficient (Wildman–Crippen LogP) is 5.66. The van der Waals surface area contributed by atoms with E-state index in [9.17, 15) is 9.59 Å². The number of benzene rings is 2. The number of carbonyl (C=O) groups is 2. The fraction of sp³-hybridized carbons (Fsp3) is 0.297. The van der Waals surface area contributed by atoms with Gasteiger partial charge in [-0.3, -0.25) is 19.6 Å². The normalized spacial score (nSPS) is 14.6. The molecule has 0 aliphatic carbocycles. The molecule has 5 rings (SSSR count). The second kappa shape index (κ2) is 14.7. The third-order valence-corrected chi connectivity index (χ3v) is 8.37. The zero-order valence-electron chi connectivity index (χ0n) is 25.8. The minimum atomic E-state index is -0.656. The van der Waals surface area contributed by atoms with Crippen LogP contribution in [0.2, 0.25) is 0 Å². The summed E-state index contributed by atoms with van der Waals surface area (Å²) in [5.41, 5.74) is 5.87. The zero-order valence-corrected chi connectivity index (χ0v) is 25.8. The summed E-state index contributed by atoms with van der Waals surface area (Å²) in [6.07, 6.45) is 10.9. The van der Waals surface area contributed by atoms with Crippen LogP contribution >= 0.6 is 0 Å². The summed E-state index contributed by atoms with van der Waals surface area (Å²) in [4.78, 5) is 42.9. The summed E-state index contributed by atoms with van der Waals surface area (Å²) in [5.74, 6) is -0.224. The standard InChI is InChI=1S/C37H41N5O2/c1-28-9-14-33(39-26-28)15-16-36(43)42(27-30-10-12-31(13-11-30)32-17-21-38-22-18-32)35(25-29-7-5-4-6-8-29)37(44)41-23-19-34(20-24-41)40(2)3/h4-18,21-22,26,34-35H,19-20,23-25,27H2,1-3H3/b16-15+/t35-/m0/s1. The highest BCUT2D eigenvalue weighted by Gasteiger charge is 2.34. The Morgan fingerprint density at radius 1 is 0.886 bits per heavy atom. The highest BCUT2D eigenvalue weighted by Crippen LogP contribution is 2.23. The molecular weight excluding hydrogens is 546 g/mol. The molecule has 0 N–H and O–H groups in total. The number of aryl methyl sites for hydroxylation is 1. The minimum absolute atomic E-state index is 0.00493. The second-order valence-corrected chi connectivity index (χ2v) is 11.7. The number of pyridine rings is 2. The van der Waals surface area contributed by atoms with Crippen molar-refractivity contribution in [2.24, 2.45) is 0 Å². The van der Waals surface area contributed by atoms with Crippen molar-refractivity contribution in [3.8, 4) is 11.1 Å². The van der Waals surface area contributed by atoms with E-state index in [0.29, 0.717) is 37.8 Å². The Kier molecular flexibility index (Phi) is 10.3. The van der Waals surface area contributed by atoms with Gasteiger partial charge in [0.15, 0.2) is 0 Å². The monoisotopic (exact) mass is 587 g/mol. The molecule has 1 aliphatic rings. The van der Waals surface area contributed by atoms with Crippen molar-refractivity contribution >= 4 is 17.9 Å². The molecule has 0 radical (unpaired) electrons. The Morgan fingerprint density at radius 2 is 1.57 bits per heavy atom. The molecule has 4 aromatic rings. The first kappa shape index (κ1) is 30.8. The molecule has 0 saturated carbocycles. The maximum atomic E-state index is 14.3.